The number of rotatable bonds is 7. The van der Waals surface area contributed by atoms with Gasteiger partial charge in [0, 0.05) is 12.6 Å². The summed E-state index contributed by atoms with van der Waals surface area (Å²) >= 11 is 0. The zero-order chi connectivity index (χ0) is 14.4. The highest BCUT2D eigenvalue weighted by Crippen LogP contribution is 2.31. The number of nitrogens with one attached hydrogen (secondary N) is 1. The van der Waals surface area contributed by atoms with E-state index in [9.17, 15) is 4.79 Å². The van der Waals surface area contributed by atoms with Crippen LogP contribution >= 0.6 is 0 Å². The molecule has 110 valence electrons. The molecule has 0 spiro atoms. The van der Waals surface area contributed by atoms with Crippen LogP contribution < -0.4 is 10.1 Å². The van der Waals surface area contributed by atoms with Gasteiger partial charge in [-0.1, -0.05) is 18.6 Å². The average molecular weight is 277 g/mol. The molecule has 0 aliphatic heterocycles. The summed E-state index contributed by atoms with van der Waals surface area (Å²) in [6.07, 6.45) is 4.14. The molecule has 1 saturated carbocycles. The van der Waals surface area contributed by atoms with E-state index in [1.807, 2.05) is 24.3 Å². The van der Waals surface area contributed by atoms with Crippen molar-refractivity contribution in [2.24, 2.45) is 5.92 Å². The predicted octanol–water partition coefficient (Wildman–Crippen LogP) is 2.52. The summed E-state index contributed by atoms with van der Waals surface area (Å²) in [4.78, 5) is 11.5. The molecule has 0 radical (unpaired) electrons. The van der Waals surface area contributed by atoms with Crippen molar-refractivity contribution in [3.63, 3.8) is 0 Å². The minimum Gasteiger partial charge on any atom is -0.497 e. The van der Waals surface area contributed by atoms with Gasteiger partial charge < -0.3 is 14.8 Å². The molecule has 1 aliphatic carbocycles. The quantitative estimate of drug-likeness (QED) is 0.778. The Bertz CT molecular complexity index is 426. The van der Waals surface area contributed by atoms with Gasteiger partial charge in [0.2, 0.25) is 0 Å². The molecule has 2 rings (SSSR count). The van der Waals surface area contributed by atoms with Crippen molar-refractivity contribution >= 4 is 5.97 Å². The van der Waals surface area contributed by atoms with Crippen LogP contribution in [-0.2, 0) is 16.1 Å². The van der Waals surface area contributed by atoms with Gasteiger partial charge in [0.1, 0.15) is 5.75 Å². The van der Waals surface area contributed by atoms with E-state index in [4.69, 9.17) is 9.47 Å². The van der Waals surface area contributed by atoms with Gasteiger partial charge in [0.05, 0.1) is 20.6 Å². The van der Waals surface area contributed by atoms with Crippen LogP contribution in [0.2, 0.25) is 0 Å². The molecule has 0 aromatic heterocycles. The van der Waals surface area contributed by atoms with Crippen molar-refractivity contribution in [3.8, 4) is 5.75 Å². The van der Waals surface area contributed by atoms with Crippen LogP contribution in [0.1, 0.15) is 31.2 Å². The number of ether oxygens (including phenoxy) is 2. The summed E-state index contributed by atoms with van der Waals surface area (Å²) in [5.41, 5.74) is 1.19. The second-order valence-corrected chi connectivity index (χ2v) is 5.31. The van der Waals surface area contributed by atoms with Crippen LogP contribution in [0.25, 0.3) is 0 Å². The summed E-state index contributed by atoms with van der Waals surface area (Å²) in [5, 5.41) is 3.50. The lowest BCUT2D eigenvalue weighted by atomic mass is 9.78. The van der Waals surface area contributed by atoms with Gasteiger partial charge >= 0.3 is 5.97 Å². The van der Waals surface area contributed by atoms with E-state index in [1.165, 1.54) is 31.9 Å². The van der Waals surface area contributed by atoms with Gasteiger partial charge in [-0.3, -0.25) is 4.79 Å². The van der Waals surface area contributed by atoms with Gasteiger partial charge in [-0.15, -0.1) is 0 Å². The highest BCUT2D eigenvalue weighted by Gasteiger charge is 2.28. The lowest BCUT2D eigenvalue weighted by Gasteiger charge is -2.34. The van der Waals surface area contributed by atoms with E-state index >= 15 is 0 Å². The average Bonchev–Trinajstić information content (AvgIpc) is 2.43. The number of methoxy groups -OCH3 is 2. The first-order chi connectivity index (χ1) is 9.72. The number of hydrogen-bond acceptors (Lipinski definition) is 4. The normalized spacial score (nSPS) is 16.3. The molecule has 1 N–H and O–H groups in total. The molecule has 1 fully saturated rings. The number of hydrogen-bond donors (Lipinski definition) is 1. The van der Waals surface area contributed by atoms with E-state index < -0.39 is 0 Å². The zero-order valence-corrected chi connectivity index (χ0v) is 12.2. The highest BCUT2D eigenvalue weighted by atomic mass is 16.5. The van der Waals surface area contributed by atoms with Gasteiger partial charge in [-0.05, 0) is 36.5 Å². The Balaban J connectivity index is 1.88. The number of esters is 1. The maximum absolute atomic E-state index is 11.5. The number of carbonyl (C=O) groups excluding carboxylic acids is 1. The fourth-order valence-electron chi connectivity index (χ4n) is 2.50. The third-order valence-electron chi connectivity index (χ3n) is 4.06. The smallest absolute Gasteiger partial charge is 0.307 e. The van der Waals surface area contributed by atoms with Gasteiger partial charge in [0.15, 0.2) is 0 Å². The fourth-order valence-corrected chi connectivity index (χ4v) is 2.50. The Labute approximate surface area is 120 Å². The summed E-state index contributed by atoms with van der Waals surface area (Å²) in [7, 11) is 3.11. The molecule has 1 unspecified atom stereocenters. The molecular formula is C16H23NO3. The monoisotopic (exact) mass is 277 g/mol. The van der Waals surface area contributed by atoms with Gasteiger partial charge in [-0.25, -0.2) is 0 Å². The van der Waals surface area contributed by atoms with Crippen LogP contribution in [0.15, 0.2) is 24.3 Å². The lowest BCUT2D eigenvalue weighted by molar-refractivity contribution is -0.141. The molecule has 1 aromatic carbocycles. The maximum atomic E-state index is 11.5. The van der Waals surface area contributed by atoms with E-state index in [0.29, 0.717) is 12.3 Å². The Morgan fingerprint density at radius 3 is 2.50 bits per heavy atom. The standard InChI is InChI=1S/C16H23NO3/c1-19-14-8-6-12(7-9-14)11-17-15(10-16(18)20-2)13-4-3-5-13/h6-9,13,15,17H,3-5,10-11H2,1-2H3. The van der Waals surface area contributed by atoms with Gasteiger partial charge in [0.25, 0.3) is 0 Å². The summed E-state index contributed by atoms with van der Waals surface area (Å²) in [6.45, 7) is 0.766. The first kappa shape index (κ1) is 14.9. The first-order valence-electron chi connectivity index (χ1n) is 7.16. The number of carbonyl (C=O) groups is 1. The van der Waals surface area contributed by atoms with Crippen molar-refractivity contribution < 1.29 is 14.3 Å². The van der Waals surface area contributed by atoms with Gasteiger partial charge in [-0.2, -0.15) is 0 Å². The third-order valence-corrected chi connectivity index (χ3v) is 4.06. The Kier molecular flexibility index (Phi) is 5.41. The SMILES string of the molecule is COC(=O)CC(NCc1ccc(OC)cc1)C1CCC1. The van der Waals surface area contributed by atoms with E-state index in [2.05, 4.69) is 5.32 Å². The Morgan fingerprint density at radius 2 is 2.00 bits per heavy atom. The fraction of sp³-hybridized carbons (Fsp3) is 0.562. The van der Waals surface area contributed by atoms with E-state index in [1.54, 1.807) is 7.11 Å². The van der Waals surface area contributed by atoms with E-state index in [-0.39, 0.29) is 12.0 Å². The highest BCUT2D eigenvalue weighted by molar-refractivity contribution is 5.70. The second kappa shape index (κ2) is 7.29. The van der Waals surface area contributed by atoms with Crippen molar-refractivity contribution in [1.29, 1.82) is 0 Å². The molecule has 0 saturated heterocycles. The third kappa shape index (κ3) is 3.97. The molecule has 1 aromatic rings. The molecule has 0 bridgehead atoms. The van der Waals surface area contributed by atoms with Crippen LogP contribution in [0, 0.1) is 5.92 Å². The molecule has 0 amide bonds. The minimum absolute atomic E-state index is 0.135. The maximum Gasteiger partial charge on any atom is 0.307 e. The van der Waals surface area contributed by atoms with Crippen molar-refractivity contribution in [2.45, 2.75) is 38.3 Å². The number of benzene rings is 1. The first-order valence-corrected chi connectivity index (χ1v) is 7.16. The Hall–Kier alpha value is -1.55. The molecular weight excluding hydrogens is 254 g/mol. The molecule has 0 heterocycles. The Morgan fingerprint density at radius 1 is 1.30 bits per heavy atom. The van der Waals surface area contributed by atoms with Crippen LogP contribution in [0.4, 0.5) is 0 Å². The predicted molar refractivity (Wildman–Crippen MR) is 77.6 cm³/mol. The second-order valence-electron chi connectivity index (χ2n) is 5.31. The van der Waals surface area contributed by atoms with Crippen molar-refractivity contribution in [1.82, 2.24) is 5.32 Å². The van der Waals surface area contributed by atoms with Crippen LogP contribution in [0.3, 0.4) is 0 Å². The zero-order valence-electron chi connectivity index (χ0n) is 12.2. The molecule has 4 nitrogen and oxygen atoms in total. The topological polar surface area (TPSA) is 47.6 Å². The molecule has 20 heavy (non-hydrogen) atoms. The molecule has 1 aliphatic rings. The summed E-state index contributed by atoms with van der Waals surface area (Å²) < 4.78 is 9.93. The summed E-state index contributed by atoms with van der Waals surface area (Å²) in [6, 6.07) is 8.22. The van der Waals surface area contributed by atoms with Crippen molar-refractivity contribution in [3.05, 3.63) is 29.8 Å². The van der Waals surface area contributed by atoms with Crippen molar-refractivity contribution in [2.75, 3.05) is 14.2 Å². The minimum atomic E-state index is -0.135. The summed E-state index contributed by atoms with van der Waals surface area (Å²) in [5.74, 6) is 1.33. The molecule has 4 heteroatoms. The van der Waals surface area contributed by atoms with Crippen LogP contribution in [-0.4, -0.2) is 26.2 Å². The molecule has 1 atom stereocenters. The largest absolute Gasteiger partial charge is 0.497 e. The van der Waals surface area contributed by atoms with Crippen LogP contribution in [0.5, 0.6) is 5.75 Å². The lowest BCUT2D eigenvalue weighted by Crippen LogP contribution is -2.40. The van der Waals surface area contributed by atoms with E-state index in [0.717, 1.165) is 12.3 Å².